The van der Waals surface area contributed by atoms with Gasteiger partial charge in [0.25, 0.3) is 5.91 Å². The SMILES string of the molecule is CC(C)c1ncoc1C(=O)NCc1ccccc1. The fourth-order valence-corrected chi connectivity index (χ4v) is 1.69. The van der Waals surface area contributed by atoms with E-state index >= 15 is 0 Å². The van der Waals surface area contributed by atoms with Crippen LogP contribution in [0, 0.1) is 0 Å². The summed E-state index contributed by atoms with van der Waals surface area (Å²) in [5.41, 5.74) is 1.75. The van der Waals surface area contributed by atoms with Gasteiger partial charge in [-0.2, -0.15) is 0 Å². The Bertz CT molecular complexity index is 518. The van der Waals surface area contributed by atoms with E-state index in [0.717, 1.165) is 5.56 Å². The molecule has 0 aliphatic heterocycles. The molecule has 1 aromatic carbocycles. The van der Waals surface area contributed by atoms with Crippen LogP contribution in [0.1, 0.15) is 41.6 Å². The molecule has 0 aliphatic carbocycles. The molecule has 1 aromatic heterocycles. The number of aromatic nitrogens is 1. The van der Waals surface area contributed by atoms with Gasteiger partial charge in [-0.3, -0.25) is 4.79 Å². The molecule has 1 N–H and O–H groups in total. The zero-order chi connectivity index (χ0) is 13.0. The number of hydrogen-bond acceptors (Lipinski definition) is 3. The molecule has 1 amide bonds. The van der Waals surface area contributed by atoms with Crippen LogP contribution in [-0.2, 0) is 6.54 Å². The van der Waals surface area contributed by atoms with Crippen LogP contribution in [0.2, 0.25) is 0 Å². The number of nitrogens with zero attached hydrogens (tertiary/aromatic N) is 1. The van der Waals surface area contributed by atoms with E-state index < -0.39 is 0 Å². The van der Waals surface area contributed by atoms with Gasteiger partial charge in [-0.1, -0.05) is 44.2 Å². The largest absolute Gasteiger partial charge is 0.438 e. The highest BCUT2D eigenvalue weighted by Gasteiger charge is 2.18. The number of carbonyl (C=O) groups excluding carboxylic acids is 1. The zero-order valence-electron chi connectivity index (χ0n) is 10.5. The van der Waals surface area contributed by atoms with Crippen LogP contribution in [-0.4, -0.2) is 10.9 Å². The Morgan fingerprint density at radius 1 is 1.33 bits per heavy atom. The molecule has 0 unspecified atom stereocenters. The predicted molar refractivity (Wildman–Crippen MR) is 68.2 cm³/mol. The van der Waals surface area contributed by atoms with Gasteiger partial charge in [0.15, 0.2) is 6.39 Å². The maximum Gasteiger partial charge on any atom is 0.289 e. The van der Waals surface area contributed by atoms with E-state index in [1.165, 1.54) is 6.39 Å². The second-order valence-electron chi connectivity index (χ2n) is 4.39. The van der Waals surface area contributed by atoms with Gasteiger partial charge in [0.05, 0.1) is 5.69 Å². The number of oxazole rings is 1. The molecule has 0 atom stereocenters. The van der Waals surface area contributed by atoms with Crippen molar-refractivity contribution in [1.82, 2.24) is 10.3 Å². The second kappa shape index (κ2) is 5.49. The third kappa shape index (κ3) is 2.77. The Hall–Kier alpha value is -2.10. The molecule has 1 heterocycles. The first kappa shape index (κ1) is 12.4. The van der Waals surface area contributed by atoms with Gasteiger partial charge >= 0.3 is 0 Å². The number of hydrogen-bond donors (Lipinski definition) is 1. The summed E-state index contributed by atoms with van der Waals surface area (Å²) in [6.45, 7) is 4.44. The number of rotatable bonds is 4. The summed E-state index contributed by atoms with van der Waals surface area (Å²) in [6.07, 6.45) is 1.31. The smallest absolute Gasteiger partial charge is 0.289 e. The second-order valence-corrected chi connectivity index (χ2v) is 4.39. The molecule has 18 heavy (non-hydrogen) atoms. The van der Waals surface area contributed by atoms with E-state index in [1.54, 1.807) is 0 Å². The maximum atomic E-state index is 12.0. The Balaban J connectivity index is 2.02. The third-order valence-electron chi connectivity index (χ3n) is 2.64. The van der Waals surface area contributed by atoms with Crippen molar-refractivity contribution in [2.45, 2.75) is 26.3 Å². The summed E-state index contributed by atoms with van der Waals surface area (Å²) < 4.78 is 5.15. The molecule has 0 saturated carbocycles. The van der Waals surface area contributed by atoms with Gasteiger partial charge in [0.1, 0.15) is 0 Å². The van der Waals surface area contributed by atoms with Gasteiger partial charge in [0.2, 0.25) is 5.76 Å². The van der Waals surface area contributed by atoms with Crippen LogP contribution in [0.5, 0.6) is 0 Å². The van der Waals surface area contributed by atoms with Crippen LogP contribution in [0.25, 0.3) is 0 Å². The molecule has 0 aliphatic rings. The fourth-order valence-electron chi connectivity index (χ4n) is 1.69. The monoisotopic (exact) mass is 244 g/mol. The molecular weight excluding hydrogens is 228 g/mol. The van der Waals surface area contributed by atoms with Crippen molar-refractivity contribution < 1.29 is 9.21 Å². The quantitative estimate of drug-likeness (QED) is 0.899. The molecule has 4 nitrogen and oxygen atoms in total. The summed E-state index contributed by atoms with van der Waals surface area (Å²) in [5.74, 6) is 0.252. The van der Waals surface area contributed by atoms with Crippen molar-refractivity contribution in [3.8, 4) is 0 Å². The van der Waals surface area contributed by atoms with Gasteiger partial charge < -0.3 is 9.73 Å². The average Bonchev–Trinajstić information content (AvgIpc) is 2.86. The molecule has 0 spiro atoms. The zero-order valence-corrected chi connectivity index (χ0v) is 10.5. The molecule has 0 saturated heterocycles. The van der Waals surface area contributed by atoms with E-state index in [-0.39, 0.29) is 11.8 Å². The Morgan fingerprint density at radius 3 is 2.72 bits per heavy atom. The molecule has 0 radical (unpaired) electrons. The Labute approximate surface area is 106 Å². The first-order chi connectivity index (χ1) is 8.68. The molecular formula is C14H16N2O2. The van der Waals surface area contributed by atoms with Crippen LogP contribution >= 0.6 is 0 Å². The van der Waals surface area contributed by atoms with Gasteiger partial charge in [0, 0.05) is 6.54 Å². The first-order valence-electron chi connectivity index (χ1n) is 5.94. The van der Waals surface area contributed by atoms with E-state index in [1.807, 2.05) is 44.2 Å². The third-order valence-corrected chi connectivity index (χ3v) is 2.64. The minimum absolute atomic E-state index is 0.168. The van der Waals surface area contributed by atoms with Gasteiger partial charge in [-0.25, -0.2) is 4.98 Å². The molecule has 94 valence electrons. The minimum atomic E-state index is -0.222. The summed E-state index contributed by atoms with van der Waals surface area (Å²) in [5, 5.41) is 2.82. The molecule has 0 bridgehead atoms. The summed E-state index contributed by atoms with van der Waals surface area (Å²) in [7, 11) is 0. The van der Waals surface area contributed by atoms with Crippen molar-refractivity contribution in [2.24, 2.45) is 0 Å². The summed E-state index contributed by atoms with van der Waals surface area (Å²) in [4.78, 5) is 16.0. The fraction of sp³-hybridized carbons (Fsp3) is 0.286. The lowest BCUT2D eigenvalue weighted by Crippen LogP contribution is -2.23. The number of benzene rings is 1. The van der Waals surface area contributed by atoms with Crippen LogP contribution < -0.4 is 5.32 Å². The predicted octanol–water partition coefficient (Wildman–Crippen LogP) is 2.73. The van der Waals surface area contributed by atoms with Crippen molar-refractivity contribution in [1.29, 1.82) is 0 Å². The average molecular weight is 244 g/mol. The minimum Gasteiger partial charge on any atom is -0.438 e. The van der Waals surface area contributed by atoms with E-state index in [2.05, 4.69) is 10.3 Å². The van der Waals surface area contributed by atoms with E-state index in [9.17, 15) is 4.79 Å². The van der Waals surface area contributed by atoms with Crippen LogP contribution in [0.4, 0.5) is 0 Å². The first-order valence-corrected chi connectivity index (χ1v) is 5.94. The lowest BCUT2D eigenvalue weighted by Gasteiger charge is -2.05. The normalized spacial score (nSPS) is 10.6. The van der Waals surface area contributed by atoms with Crippen molar-refractivity contribution >= 4 is 5.91 Å². The van der Waals surface area contributed by atoms with E-state index in [4.69, 9.17) is 4.42 Å². The lowest BCUT2D eigenvalue weighted by atomic mass is 10.1. The molecule has 0 fully saturated rings. The molecule has 4 heteroatoms. The van der Waals surface area contributed by atoms with Crippen molar-refractivity contribution in [3.63, 3.8) is 0 Å². The maximum absolute atomic E-state index is 12.0. The highest BCUT2D eigenvalue weighted by atomic mass is 16.3. The number of amides is 1. The Kier molecular flexibility index (Phi) is 3.77. The van der Waals surface area contributed by atoms with Gasteiger partial charge in [-0.15, -0.1) is 0 Å². The number of nitrogens with one attached hydrogen (secondary N) is 1. The Morgan fingerprint density at radius 2 is 2.06 bits per heavy atom. The van der Waals surface area contributed by atoms with E-state index in [0.29, 0.717) is 18.0 Å². The van der Waals surface area contributed by atoms with Crippen LogP contribution in [0.3, 0.4) is 0 Å². The van der Waals surface area contributed by atoms with Gasteiger partial charge in [-0.05, 0) is 11.5 Å². The van der Waals surface area contributed by atoms with Crippen molar-refractivity contribution in [2.75, 3.05) is 0 Å². The van der Waals surface area contributed by atoms with Crippen LogP contribution in [0.15, 0.2) is 41.1 Å². The van der Waals surface area contributed by atoms with Crippen molar-refractivity contribution in [3.05, 3.63) is 53.7 Å². The highest BCUT2D eigenvalue weighted by Crippen LogP contribution is 2.17. The standard InChI is InChI=1S/C14H16N2O2/c1-10(2)12-13(18-9-16-12)14(17)15-8-11-6-4-3-5-7-11/h3-7,9-10H,8H2,1-2H3,(H,15,17). The summed E-state index contributed by atoms with van der Waals surface area (Å²) in [6, 6.07) is 9.75. The topological polar surface area (TPSA) is 55.1 Å². The lowest BCUT2D eigenvalue weighted by molar-refractivity contribution is 0.0921. The highest BCUT2D eigenvalue weighted by molar-refractivity contribution is 5.92. The molecule has 2 aromatic rings. The number of carbonyl (C=O) groups is 1. The summed E-state index contributed by atoms with van der Waals surface area (Å²) >= 11 is 0. The molecule has 2 rings (SSSR count).